The Morgan fingerprint density at radius 3 is 2.79 bits per heavy atom. The van der Waals surface area contributed by atoms with Gasteiger partial charge in [-0.1, -0.05) is 12.1 Å². The molecule has 0 radical (unpaired) electrons. The average molecular weight is 263 g/mol. The zero-order valence-corrected chi connectivity index (χ0v) is 12.0. The van der Waals surface area contributed by atoms with E-state index in [1.807, 2.05) is 7.05 Å². The molecule has 1 aromatic carbocycles. The lowest BCUT2D eigenvalue weighted by Gasteiger charge is -2.12. The zero-order valence-electron chi connectivity index (χ0n) is 12.0. The molecule has 1 aromatic rings. The van der Waals surface area contributed by atoms with E-state index in [9.17, 15) is 0 Å². The zero-order chi connectivity index (χ0) is 13.5. The van der Waals surface area contributed by atoms with Crippen molar-refractivity contribution in [2.75, 3.05) is 20.3 Å². The summed E-state index contributed by atoms with van der Waals surface area (Å²) in [5.41, 5.74) is 1.34. The first kappa shape index (κ1) is 14.4. The molecule has 0 amide bonds. The summed E-state index contributed by atoms with van der Waals surface area (Å²) in [6.07, 6.45) is 4.84. The van der Waals surface area contributed by atoms with Crippen molar-refractivity contribution in [3.05, 3.63) is 29.8 Å². The van der Waals surface area contributed by atoms with Crippen LogP contribution in [0.15, 0.2) is 24.3 Å². The van der Waals surface area contributed by atoms with Crippen LogP contribution in [0.1, 0.15) is 31.7 Å². The number of benzene rings is 1. The molecule has 0 bridgehead atoms. The van der Waals surface area contributed by atoms with Crippen LogP contribution < -0.4 is 10.1 Å². The molecule has 2 rings (SSSR count). The third kappa shape index (κ3) is 4.84. The fraction of sp³-hybridized carbons (Fsp3) is 0.625. The molecule has 0 aliphatic carbocycles. The molecule has 2 unspecified atom stereocenters. The van der Waals surface area contributed by atoms with Crippen LogP contribution in [0.5, 0.6) is 5.75 Å². The van der Waals surface area contributed by atoms with Crippen LogP contribution in [0.2, 0.25) is 0 Å². The smallest absolute Gasteiger partial charge is 0.119 e. The van der Waals surface area contributed by atoms with Gasteiger partial charge in [0, 0.05) is 19.1 Å². The number of nitrogens with one attached hydrogen (secondary N) is 1. The number of likely N-dealkylation sites (N-methyl/N-ethyl adjacent to an activating group) is 1. The van der Waals surface area contributed by atoms with E-state index in [-0.39, 0.29) is 0 Å². The van der Waals surface area contributed by atoms with Gasteiger partial charge in [-0.15, -0.1) is 0 Å². The van der Waals surface area contributed by atoms with Gasteiger partial charge in [-0.3, -0.25) is 0 Å². The van der Waals surface area contributed by atoms with Gasteiger partial charge in [0.05, 0.1) is 12.7 Å². The van der Waals surface area contributed by atoms with E-state index >= 15 is 0 Å². The third-order valence-corrected chi connectivity index (χ3v) is 3.69. The number of hydrogen-bond acceptors (Lipinski definition) is 3. The molecular formula is C16H25NO2. The van der Waals surface area contributed by atoms with Crippen LogP contribution in [0.4, 0.5) is 0 Å². The standard InChI is InChI=1S/C16H25NO2/c1-13(17-2)12-14-5-7-16(8-6-14)19-11-9-15-4-3-10-18-15/h5-8,13,15,17H,3-4,9-12H2,1-2H3. The molecule has 1 saturated heterocycles. The second kappa shape index (κ2) is 7.51. The highest BCUT2D eigenvalue weighted by Crippen LogP contribution is 2.17. The number of hydrogen-bond donors (Lipinski definition) is 1. The number of rotatable bonds is 7. The van der Waals surface area contributed by atoms with Crippen molar-refractivity contribution in [3.8, 4) is 5.75 Å². The molecule has 0 saturated carbocycles. The van der Waals surface area contributed by atoms with Crippen molar-refractivity contribution in [2.24, 2.45) is 0 Å². The van der Waals surface area contributed by atoms with Gasteiger partial charge in [0.1, 0.15) is 5.75 Å². The van der Waals surface area contributed by atoms with E-state index in [0.29, 0.717) is 12.1 Å². The van der Waals surface area contributed by atoms with E-state index in [1.165, 1.54) is 18.4 Å². The van der Waals surface area contributed by atoms with Crippen LogP contribution in [-0.4, -0.2) is 32.4 Å². The predicted molar refractivity (Wildman–Crippen MR) is 77.8 cm³/mol. The van der Waals surface area contributed by atoms with Crippen molar-refractivity contribution >= 4 is 0 Å². The molecule has 3 heteroatoms. The Hall–Kier alpha value is -1.06. The minimum absolute atomic E-state index is 0.413. The first-order valence-electron chi connectivity index (χ1n) is 7.28. The average Bonchev–Trinajstić information content (AvgIpc) is 2.94. The highest BCUT2D eigenvalue weighted by atomic mass is 16.5. The highest BCUT2D eigenvalue weighted by molar-refractivity contribution is 5.27. The Morgan fingerprint density at radius 1 is 1.37 bits per heavy atom. The Morgan fingerprint density at radius 2 is 2.16 bits per heavy atom. The Kier molecular flexibility index (Phi) is 5.67. The van der Waals surface area contributed by atoms with Gasteiger partial charge >= 0.3 is 0 Å². The predicted octanol–water partition coefficient (Wildman–Crippen LogP) is 2.78. The Labute approximate surface area is 116 Å². The fourth-order valence-electron chi connectivity index (χ4n) is 2.36. The van der Waals surface area contributed by atoms with Gasteiger partial charge in [0.2, 0.25) is 0 Å². The van der Waals surface area contributed by atoms with E-state index in [0.717, 1.165) is 31.8 Å². The molecular weight excluding hydrogens is 238 g/mol. The summed E-state index contributed by atoms with van der Waals surface area (Å²) in [6, 6.07) is 8.93. The molecule has 1 N–H and O–H groups in total. The maximum Gasteiger partial charge on any atom is 0.119 e. The van der Waals surface area contributed by atoms with Gasteiger partial charge in [-0.2, -0.15) is 0 Å². The molecule has 106 valence electrons. The summed E-state index contributed by atoms with van der Waals surface area (Å²) >= 11 is 0. The second-order valence-corrected chi connectivity index (χ2v) is 5.31. The third-order valence-electron chi connectivity index (χ3n) is 3.69. The molecule has 1 heterocycles. The van der Waals surface area contributed by atoms with Crippen molar-refractivity contribution < 1.29 is 9.47 Å². The number of ether oxygens (including phenoxy) is 2. The van der Waals surface area contributed by atoms with E-state index in [2.05, 4.69) is 36.5 Å². The van der Waals surface area contributed by atoms with Gasteiger partial charge < -0.3 is 14.8 Å². The monoisotopic (exact) mass is 263 g/mol. The highest BCUT2D eigenvalue weighted by Gasteiger charge is 2.14. The second-order valence-electron chi connectivity index (χ2n) is 5.31. The van der Waals surface area contributed by atoms with Crippen molar-refractivity contribution in [1.82, 2.24) is 5.32 Å². The molecule has 1 aliphatic rings. The molecule has 1 aliphatic heterocycles. The summed E-state index contributed by atoms with van der Waals surface area (Å²) < 4.78 is 11.3. The Balaban J connectivity index is 1.71. The minimum Gasteiger partial charge on any atom is -0.493 e. The summed E-state index contributed by atoms with van der Waals surface area (Å²) in [5, 5.41) is 3.25. The maximum atomic E-state index is 5.76. The summed E-state index contributed by atoms with van der Waals surface area (Å²) in [4.78, 5) is 0. The van der Waals surface area contributed by atoms with Crippen LogP contribution in [0.3, 0.4) is 0 Å². The fourth-order valence-corrected chi connectivity index (χ4v) is 2.36. The van der Waals surface area contributed by atoms with E-state index < -0.39 is 0 Å². The SMILES string of the molecule is CNC(C)Cc1ccc(OCCC2CCCO2)cc1. The summed E-state index contributed by atoms with van der Waals surface area (Å²) in [7, 11) is 1.99. The first-order chi connectivity index (χ1) is 9.28. The van der Waals surface area contributed by atoms with Gasteiger partial charge in [0.25, 0.3) is 0 Å². The van der Waals surface area contributed by atoms with Gasteiger partial charge in [0.15, 0.2) is 0 Å². The topological polar surface area (TPSA) is 30.5 Å². The summed E-state index contributed by atoms with van der Waals surface area (Å²) in [6.45, 7) is 3.85. The van der Waals surface area contributed by atoms with Crippen LogP contribution in [-0.2, 0) is 11.2 Å². The molecule has 0 spiro atoms. The lowest BCUT2D eigenvalue weighted by atomic mass is 10.1. The molecule has 1 fully saturated rings. The molecule has 3 nitrogen and oxygen atoms in total. The van der Waals surface area contributed by atoms with Crippen molar-refractivity contribution in [3.63, 3.8) is 0 Å². The van der Waals surface area contributed by atoms with Crippen LogP contribution >= 0.6 is 0 Å². The first-order valence-corrected chi connectivity index (χ1v) is 7.28. The maximum absolute atomic E-state index is 5.76. The molecule has 19 heavy (non-hydrogen) atoms. The minimum atomic E-state index is 0.413. The Bertz CT molecular complexity index is 358. The van der Waals surface area contributed by atoms with E-state index in [1.54, 1.807) is 0 Å². The lowest BCUT2D eigenvalue weighted by Crippen LogP contribution is -2.23. The van der Waals surface area contributed by atoms with E-state index in [4.69, 9.17) is 9.47 Å². The van der Waals surface area contributed by atoms with Crippen LogP contribution in [0, 0.1) is 0 Å². The van der Waals surface area contributed by atoms with Crippen molar-refractivity contribution in [1.29, 1.82) is 0 Å². The quantitative estimate of drug-likeness (QED) is 0.820. The van der Waals surface area contributed by atoms with Crippen LogP contribution in [0.25, 0.3) is 0 Å². The lowest BCUT2D eigenvalue weighted by molar-refractivity contribution is 0.0903. The van der Waals surface area contributed by atoms with Gasteiger partial charge in [-0.05, 0) is 50.9 Å². The summed E-state index contributed by atoms with van der Waals surface area (Å²) in [5.74, 6) is 0.957. The largest absolute Gasteiger partial charge is 0.493 e. The molecule has 0 aromatic heterocycles. The normalized spacial score (nSPS) is 20.4. The van der Waals surface area contributed by atoms with Crippen molar-refractivity contribution in [2.45, 2.75) is 44.8 Å². The van der Waals surface area contributed by atoms with Gasteiger partial charge in [-0.25, -0.2) is 0 Å². The molecule has 2 atom stereocenters.